The minimum Gasteiger partial charge on any atom is -0.443 e. The van der Waals surface area contributed by atoms with Gasteiger partial charge in [0.1, 0.15) is 5.60 Å². The van der Waals surface area contributed by atoms with Gasteiger partial charge in [0.05, 0.1) is 6.54 Å². The maximum Gasteiger partial charge on any atom is 0.417 e. The molecule has 0 aromatic carbocycles. The summed E-state index contributed by atoms with van der Waals surface area (Å²) in [4.78, 5) is 24.2. The highest BCUT2D eigenvalue weighted by Gasteiger charge is 2.37. The highest BCUT2D eigenvalue weighted by Crippen LogP contribution is 2.21. The molecule has 0 saturated carbocycles. The number of amides is 2. The summed E-state index contributed by atoms with van der Waals surface area (Å²) < 4.78 is 5.10. The van der Waals surface area contributed by atoms with Crippen molar-refractivity contribution in [1.29, 1.82) is 0 Å². The molecule has 0 aromatic heterocycles. The Kier molecular flexibility index (Phi) is 3.73. The molecule has 0 bridgehead atoms. The molecule has 4 heteroatoms. The molecule has 0 aliphatic carbocycles. The second-order valence-electron chi connectivity index (χ2n) is 4.89. The van der Waals surface area contributed by atoms with Crippen molar-refractivity contribution < 1.29 is 14.3 Å². The van der Waals surface area contributed by atoms with E-state index < -0.39 is 11.7 Å². The minimum atomic E-state index is -0.555. The maximum absolute atomic E-state index is 11.6. The van der Waals surface area contributed by atoms with Gasteiger partial charge in [-0.1, -0.05) is 19.4 Å². The summed E-state index contributed by atoms with van der Waals surface area (Å²) >= 11 is 0. The zero-order valence-corrected chi connectivity index (χ0v) is 10.4. The fraction of sp³-hybridized carbons (Fsp3) is 0.667. The predicted octanol–water partition coefficient (Wildman–Crippen LogP) is 2.49. The summed E-state index contributed by atoms with van der Waals surface area (Å²) in [5.74, 6) is -0.220. The molecule has 0 unspecified atom stereocenters. The van der Waals surface area contributed by atoms with Crippen LogP contribution in [0.15, 0.2) is 11.6 Å². The van der Waals surface area contributed by atoms with Crippen LogP contribution in [0.4, 0.5) is 4.79 Å². The number of hydrogen-bond acceptors (Lipinski definition) is 3. The molecule has 1 saturated heterocycles. The molecule has 16 heavy (non-hydrogen) atoms. The van der Waals surface area contributed by atoms with Crippen LogP contribution in [0, 0.1) is 0 Å². The third-order valence-electron chi connectivity index (χ3n) is 2.14. The molecule has 90 valence electrons. The fourth-order valence-electron chi connectivity index (χ4n) is 1.33. The molecule has 0 N–H and O–H groups in total. The van der Waals surface area contributed by atoms with Crippen molar-refractivity contribution in [1.82, 2.24) is 4.90 Å². The van der Waals surface area contributed by atoms with Crippen LogP contribution < -0.4 is 0 Å². The molecule has 1 aliphatic rings. The van der Waals surface area contributed by atoms with Crippen molar-refractivity contribution in [3.8, 4) is 0 Å². The third kappa shape index (κ3) is 3.08. The van der Waals surface area contributed by atoms with Gasteiger partial charge >= 0.3 is 6.09 Å². The Morgan fingerprint density at radius 1 is 1.50 bits per heavy atom. The topological polar surface area (TPSA) is 46.6 Å². The van der Waals surface area contributed by atoms with Gasteiger partial charge in [-0.15, -0.1) is 0 Å². The van der Waals surface area contributed by atoms with E-state index in [1.807, 2.05) is 13.0 Å². The molecule has 1 rings (SSSR count). The molecule has 4 nitrogen and oxygen atoms in total. The number of ether oxygens (including phenoxy) is 1. The summed E-state index contributed by atoms with van der Waals surface area (Å²) in [6, 6.07) is 0. The van der Waals surface area contributed by atoms with Crippen molar-refractivity contribution in [2.45, 2.75) is 46.1 Å². The Morgan fingerprint density at radius 2 is 2.12 bits per heavy atom. The van der Waals surface area contributed by atoms with E-state index in [4.69, 9.17) is 4.74 Å². The maximum atomic E-state index is 11.6. The number of imide groups is 1. The number of allylic oxidation sites excluding steroid dienone is 1. The highest BCUT2D eigenvalue weighted by molar-refractivity contribution is 6.09. The average Bonchev–Trinajstić information content (AvgIpc) is 2.13. The van der Waals surface area contributed by atoms with Crippen LogP contribution in [0.25, 0.3) is 0 Å². The normalized spacial score (nSPS) is 18.6. The summed E-state index contributed by atoms with van der Waals surface area (Å²) in [7, 11) is 0. The number of nitrogens with zero attached hydrogens (tertiary/aromatic N) is 1. The summed E-state index contributed by atoms with van der Waals surface area (Å²) in [5.41, 5.74) is 0.160. The van der Waals surface area contributed by atoms with Crippen LogP contribution in [0.2, 0.25) is 0 Å². The zero-order chi connectivity index (χ0) is 12.3. The number of carbonyl (C=O) groups is 2. The van der Waals surface area contributed by atoms with E-state index in [1.165, 1.54) is 0 Å². The van der Waals surface area contributed by atoms with Crippen LogP contribution in [0.5, 0.6) is 0 Å². The number of unbranched alkanes of at least 4 members (excludes halogenated alkanes) is 1. The number of likely N-dealkylation sites (tertiary alicyclic amines) is 1. The van der Waals surface area contributed by atoms with Crippen LogP contribution in [0.3, 0.4) is 0 Å². The van der Waals surface area contributed by atoms with Crippen molar-refractivity contribution in [2.75, 3.05) is 6.54 Å². The van der Waals surface area contributed by atoms with E-state index in [0.717, 1.165) is 17.7 Å². The first-order valence-corrected chi connectivity index (χ1v) is 5.59. The van der Waals surface area contributed by atoms with Crippen LogP contribution in [-0.2, 0) is 9.53 Å². The molecular formula is C12H19NO3. The first kappa shape index (κ1) is 12.7. The SMILES string of the molecule is CCC/C=C1\CN(C(=O)OC(C)(C)C)C1=O. The van der Waals surface area contributed by atoms with Crippen molar-refractivity contribution in [2.24, 2.45) is 0 Å². The van der Waals surface area contributed by atoms with E-state index >= 15 is 0 Å². The van der Waals surface area contributed by atoms with E-state index in [2.05, 4.69) is 0 Å². The van der Waals surface area contributed by atoms with E-state index in [-0.39, 0.29) is 5.91 Å². The molecule has 1 aliphatic heterocycles. The van der Waals surface area contributed by atoms with E-state index in [1.54, 1.807) is 20.8 Å². The lowest BCUT2D eigenvalue weighted by Crippen LogP contribution is -2.51. The molecule has 0 aromatic rings. The average molecular weight is 225 g/mol. The first-order chi connectivity index (χ1) is 7.35. The molecule has 1 heterocycles. The van der Waals surface area contributed by atoms with Crippen LogP contribution in [0.1, 0.15) is 40.5 Å². The zero-order valence-electron chi connectivity index (χ0n) is 10.4. The van der Waals surface area contributed by atoms with Crippen molar-refractivity contribution in [3.05, 3.63) is 11.6 Å². The number of β-lactam (4-membered cyclic amide) rings is 1. The highest BCUT2D eigenvalue weighted by atomic mass is 16.6. The molecule has 1 fully saturated rings. The smallest absolute Gasteiger partial charge is 0.417 e. The van der Waals surface area contributed by atoms with Crippen molar-refractivity contribution >= 4 is 12.0 Å². The largest absolute Gasteiger partial charge is 0.443 e. The molecule has 0 spiro atoms. The Morgan fingerprint density at radius 3 is 2.56 bits per heavy atom. The van der Waals surface area contributed by atoms with Gasteiger partial charge in [0.15, 0.2) is 0 Å². The van der Waals surface area contributed by atoms with E-state index in [0.29, 0.717) is 12.1 Å². The van der Waals surface area contributed by atoms with Gasteiger partial charge in [0, 0.05) is 5.57 Å². The third-order valence-corrected chi connectivity index (χ3v) is 2.14. The van der Waals surface area contributed by atoms with Gasteiger partial charge in [-0.2, -0.15) is 0 Å². The van der Waals surface area contributed by atoms with Crippen LogP contribution in [-0.4, -0.2) is 29.0 Å². The lowest BCUT2D eigenvalue weighted by molar-refractivity contribution is -0.131. The summed E-state index contributed by atoms with van der Waals surface area (Å²) in [5, 5.41) is 0. The molecular weight excluding hydrogens is 206 g/mol. The second kappa shape index (κ2) is 4.68. The van der Waals surface area contributed by atoms with Crippen molar-refractivity contribution in [3.63, 3.8) is 0 Å². The lowest BCUT2D eigenvalue weighted by Gasteiger charge is -2.33. The predicted molar refractivity (Wildman–Crippen MR) is 60.9 cm³/mol. The fourth-order valence-corrected chi connectivity index (χ4v) is 1.33. The molecule has 0 radical (unpaired) electrons. The number of rotatable bonds is 2. The summed E-state index contributed by atoms with van der Waals surface area (Å²) in [6.45, 7) is 7.77. The Labute approximate surface area is 96.3 Å². The van der Waals surface area contributed by atoms with Gasteiger partial charge in [-0.3, -0.25) is 4.79 Å². The minimum absolute atomic E-state index is 0.220. The first-order valence-electron chi connectivity index (χ1n) is 5.59. The monoisotopic (exact) mass is 225 g/mol. The van der Waals surface area contributed by atoms with Crippen LogP contribution >= 0.6 is 0 Å². The Hall–Kier alpha value is -1.32. The van der Waals surface area contributed by atoms with Gasteiger partial charge < -0.3 is 4.74 Å². The quantitative estimate of drug-likeness (QED) is 0.536. The van der Waals surface area contributed by atoms with Gasteiger partial charge in [-0.05, 0) is 27.2 Å². The molecule has 0 atom stereocenters. The summed E-state index contributed by atoms with van der Waals surface area (Å²) in [6.07, 6.45) is 3.22. The van der Waals surface area contributed by atoms with Gasteiger partial charge in [0.25, 0.3) is 5.91 Å². The Bertz CT molecular complexity index is 326. The molecule has 2 amide bonds. The number of hydrogen-bond donors (Lipinski definition) is 0. The number of carbonyl (C=O) groups excluding carboxylic acids is 2. The van der Waals surface area contributed by atoms with Gasteiger partial charge in [-0.25, -0.2) is 9.69 Å². The standard InChI is InChI=1S/C12H19NO3/c1-5-6-7-9-8-13(10(9)14)11(15)16-12(2,3)4/h7H,5-6,8H2,1-4H3/b9-7+. The lowest BCUT2D eigenvalue weighted by atomic mass is 10.1. The Balaban J connectivity index is 2.49. The second-order valence-corrected chi connectivity index (χ2v) is 4.89. The van der Waals surface area contributed by atoms with Gasteiger partial charge in [0.2, 0.25) is 0 Å². The van der Waals surface area contributed by atoms with E-state index in [9.17, 15) is 9.59 Å².